The van der Waals surface area contributed by atoms with Gasteiger partial charge in [0.05, 0.1) is 6.04 Å². The summed E-state index contributed by atoms with van der Waals surface area (Å²) in [7, 11) is 0. The van der Waals surface area contributed by atoms with E-state index in [-0.39, 0.29) is 5.78 Å². The molecule has 0 saturated heterocycles. The number of nitrogens with two attached hydrogens (primary N) is 1. The highest BCUT2D eigenvalue weighted by Gasteiger charge is 2.18. The van der Waals surface area contributed by atoms with Crippen LogP contribution >= 0.6 is 38.6 Å². The Balaban J connectivity index is 2.07. The van der Waals surface area contributed by atoms with E-state index in [9.17, 15) is 4.79 Å². The quantitative estimate of drug-likeness (QED) is 0.939. The van der Waals surface area contributed by atoms with Crippen molar-refractivity contribution in [3.63, 3.8) is 0 Å². The van der Waals surface area contributed by atoms with Gasteiger partial charge in [0, 0.05) is 20.6 Å². The molecule has 1 unspecified atom stereocenters. The average molecular weight is 316 g/mol. The second-order valence-electron chi connectivity index (χ2n) is 3.33. The summed E-state index contributed by atoms with van der Waals surface area (Å²) in [6, 6.07) is 5.27. The van der Waals surface area contributed by atoms with Crippen LogP contribution in [0.3, 0.4) is 0 Å². The first-order valence-corrected chi connectivity index (χ1v) is 7.27. The predicted octanol–water partition coefficient (Wildman–Crippen LogP) is 3.38. The van der Waals surface area contributed by atoms with Gasteiger partial charge in [-0.2, -0.15) is 0 Å². The van der Waals surface area contributed by atoms with Crippen LogP contribution in [0.15, 0.2) is 33.4 Å². The van der Waals surface area contributed by atoms with E-state index in [1.165, 1.54) is 11.3 Å². The van der Waals surface area contributed by atoms with E-state index in [1.54, 1.807) is 11.3 Å². The van der Waals surface area contributed by atoms with Gasteiger partial charge in [-0.1, -0.05) is 6.07 Å². The summed E-state index contributed by atoms with van der Waals surface area (Å²) < 4.78 is 0.990. The van der Waals surface area contributed by atoms with Crippen LogP contribution in [-0.2, 0) is 11.2 Å². The van der Waals surface area contributed by atoms with Crippen molar-refractivity contribution < 1.29 is 4.79 Å². The maximum Gasteiger partial charge on any atom is 0.160 e. The van der Waals surface area contributed by atoms with Crippen LogP contribution in [0.4, 0.5) is 0 Å². The fourth-order valence-electron chi connectivity index (χ4n) is 1.35. The van der Waals surface area contributed by atoms with Crippen molar-refractivity contribution in [2.24, 2.45) is 5.73 Å². The van der Waals surface area contributed by atoms with Gasteiger partial charge < -0.3 is 5.73 Å². The van der Waals surface area contributed by atoms with Gasteiger partial charge in [0.2, 0.25) is 0 Å². The van der Waals surface area contributed by atoms with Crippen LogP contribution in [0, 0.1) is 0 Å². The first-order chi connectivity index (χ1) is 7.68. The molecule has 2 N–H and O–H groups in total. The van der Waals surface area contributed by atoms with Gasteiger partial charge in [0.25, 0.3) is 0 Å². The lowest BCUT2D eigenvalue weighted by molar-refractivity contribution is -0.119. The van der Waals surface area contributed by atoms with Crippen LogP contribution in [-0.4, -0.2) is 5.78 Å². The number of Topliss-reactive ketones (excluding diaryl/α,β-unsaturated/α-hetero) is 1. The zero-order valence-electron chi connectivity index (χ0n) is 8.35. The van der Waals surface area contributed by atoms with Crippen molar-refractivity contribution in [1.29, 1.82) is 0 Å². The molecule has 0 aromatic carbocycles. The van der Waals surface area contributed by atoms with Crippen molar-refractivity contribution in [2.75, 3.05) is 0 Å². The third-order valence-corrected chi connectivity index (χ3v) is 5.10. The van der Waals surface area contributed by atoms with Gasteiger partial charge in [-0.25, -0.2) is 0 Å². The molecule has 2 rings (SSSR count). The number of carbonyl (C=O) groups is 1. The normalized spacial score (nSPS) is 12.6. The highest BCUT2D eigenvalue weighted by Crippen LogP contribution is 2.26. The summed E-state index contributed by atoms with van der Waals surface area (Å²) in [5, 5.41) is 3.90. The van der Waals surface area contributed by atoms with E-state index >= 15 is 0 Å². The standard InChI is InChI=1S/C11H10BrNOS2/c12-7-3-5-16-10(7)6-8(14)11(13)9-2-1-4-15-9/h1-5,11H,6,13H2. The summed E-state index contributed by atoms with van der Waals surface area (Å²) in [6.45, 7) is 0. The molecule has 5 heteroatoms. The Hall–Kier alpha value is -0.490. The van der Waals surface area contributed by atoms with Crippen LogP contribution in [0.5, 0.6) is 0 Å². The Morgan fingerprint density at radius 1 is 1.38 bits per heavy atom. The third kappa shape index (κ3) is 2.60. The fraction of sp³-hybridized carbons (Fsp3) is 0.182. The van der Waals surface area contributed by atoms with Crippen molar-refractivity contribution in [3.8, 4) is 0 Å². The van der Waals surface area contributed by atoms with E-state index in [2.05, 4.69) is 15.9 Å². The number of thiophene rings is 2. The molecule has 0 spiro atoms. The van der Waals surface area contributed by atoms with Crippen molar-refractivity contribution in [1.82, 2.24) is 0 Å². The summed E-state index contributed by atoms with van der Waals surface area (Å²) in [5.74, 6) is 0.0607. The summed E-state index contributed by atoms with van der Waals surface area (Å²) in [4.78, 5) is 13.9. The molecule has 0 aliphatic heterocycles. The minimum Gasteiger partial charge on any atom is -0.317 e. The van der Waals surface area contributed by atoms with Crippen LogP contribution in [0.1, 0.15) is 15.8 Å². The molecule has 0 amide bonds. The first-order valence-electron chi connectivity index (χ1n) is 4.72. The number of hydrogen-bond donors (Lipinski definition) is 1. The van der Waals surface area contributed by atoms with Crippen LogP contribution in [0.2, 0.25) is 0 Å². The van der Waals surface area contributed by atoms with Crippen LogP contribution in [0.25, 0.3) is 0 Å². The Kier molecular flexibility index (Phi) is 3.91. The molecule has 84 valence electrons. The molecule has 0 saturated carbocycles. The highest BCUT2D eigenvalue weighted by molar-refractivity contribution is 9.10. The summed E-state index contributed by atoms with van der Waals surface area (Å²) in [6.07, 6.45) is 0.400. The van der Waals surface area contributed by atoms with Gasteiger partial charge in [-0.3, -0.25) is 4.79 Å². The van der Waals surface area contributed by atoms with E-state index in [0.717, 1.165) is 14.2 Å². The number of carbonyl (C=O) groups excluding carboxylic acids is 1. The molecular weight excluding hydrogens is 306 g/mol. The van der Waals surface area contributed by atoms with E-state index in [4.69, 9.17) is 5.73 Å². The molecule has 0 aliphatic carbocycles. The molecule has 16 heavy (non-hydrogen) atoms. The Morgan fingerprint density at radius 3 is 2.75 bits per heavy atom. The number of ketones is 1. The van der Waals surface area contributed by atoms with Gasteiger partial charge in [-0.05, 0) is 38.8 Å². The van der Waals surface area contributed by atoms with E-state index < -0.39 is 6.04 Å². The fourth-order valence-corrected chi connectivity index (χ4v) is 3.60. The minimum atomic E-state index is -0.492. The molecule has 0 bridgehead atoms. The minimum absolute atomic E-state index is 0.0607. The molecule has 2 aromatic heterocycles. The molecule has 0 radical (unpaired) electrons. The van der Waals surface area contributed by atoms with Crippen molar-refractivity contribution >= 4 is 44.4 Å². The van der Waals surface area contributed by atoms with Gasteiger partial charge >= 0.3 is 0 Å². The van der Waals surface area contributed by atoms with E-state index in [0.29, 0.717) is 6.42 Å². The average Bonchev–Trinajstić information content (AvgIpc) is 2.89. The van der Waals surface area contributed by atoms with Gasteiger partial charge in [0.15, 0.2) is 5.78 Å². The molecule has 2 heterocycles. The van der Waals surface area contributed by atoms with Crippen molar-refractivity contribution in [3.05, 3.63) is 43.2 Å². The van der Waals surface area contributed by atoms with Gasteiger partial charge in [-0.15, -0.1) is 22.7 Å². The second kappa shape index (κ2) is 5.23. The topological polar surface area (TPSA) is 43.1 Å². The number of rotatable bonds is 4. The smallest absolute Gasteiger partial charge is 0.160 e. The number of halogens is 1. The van der Waals surface area contributed by atoms with Crippen molar-refractivity contribution in [2.45, 2.75) is 12.5 Å². The largest absolute Gasteiger partial charge is 0.317 e. The molecule has 2 aromatic rings. The first kappa shape index (κ1) is 12.0. The highest BCUT2D eigenvalue weighted by atomic mass is 79.9. The SMILES string of the molecule is NC(C(=O)Cc1sccc1Br)c1cccs1. The Labute approximate surface area is 110 Å². The Bertz CT molecular complexity index is 478. The second-order valence-corrected chi connectivity index (χ2v) is 6.16. The lowest BCUT2D eigenvalue weighted by Crippen LogP contribution is -2.21. The van der Waals surface area contributed by atoms with E-state index in [1.807, 2.05) is 29.0 Å². The molecule has 1 atom stereocenters. The third-order valence-electron chi connectivity index (χ3n) is 2.22. The zero-order valence-corrected chi connectivity index (χ0v) is 11.6. The Morgan fingerprint density at radius 2 is 2.19 bits per heavy atom. The maximum atomic E-state index is 11.9. The van der Waals surface area contributed by atoms with Crippen LogP contribution < -0.4 is 5.73 Å². The monoisotopic (exact) mass is 315 g/mol. The summed E-state index contributed by atoms with van der Waals surface area (Å²) in [5.41, 5.74) is 5.90. The summed E-state index contributed by atoms with van der Waals surface area (Å²) >= 11 is 6.51. The maximum absolute atomic E-state index is 11.9. The lowest BCUT2D eigenvalue weighted by Gasteiger charge is -2.07. The molecule has 0 aliphatic rings. The molecule has 2 nitrogen and oxygen atoms in total. The van der Waals surface area contributed by atoms with Gasteiger partial charge in [0.1, 0.15) is 0 Å². The predicted molar refractivity (Wildman–Crippen MR) is 72.0 cm³/mol. The number of hydrogen-bond acceptors (Lipinski definition) is 4. The molecular formula is C11H10BrNOS2. The lowest BCUT2D eigenvalue weighted by atomic mass is 10.1. The molecule has 0 fully saturated rings. The zero-order chi connectivity index (χ0) is 11.5.